The minimum atomic E-state index is -4.24. The van der Waals surface area contributed by atoms with Crippen LogP contribution in [-0.2, 0) is 0 Å². The van der Waals surface area contributed by atoms with E-state index in [0.29, 0.717) is 46.9 Å². The van der Waals surface area contributed by atoms with E-state index in [4.69, 9.17) is 32.7 Å². The first kappa shape index (κ1) is 36.4. The van der Waals surface area contributed by atoms with Crippen LogP contribution in [0.5, 0.6) is 11.5 Å². The standard InChI is InChI=1S/C12H14ClF3N2O.C7H6BrClO.C5H9F3N2.CH4/c1-19-10-6-8(2-3-9(10)13)18-5-4-17-11(7-18)12(14,15)16;1-10-7-4-5(8)2-3-6(7)9;6-5(7,8)4-3-9-1-2-10-4;/h2-3,6,11,17H,4-5,7H2,1H3;2-4H,1H3;4,9-10H,1-3H2;1H4. The average Bonchev–Trinajstić information content (AvgIpc) is 2.91. The molecule has 2 heterocycles. The molecule has 2 aromatic rings. The first-order valence-electron chi connectivity index (χ1n) is 11.6. The van der Waals surface area contributed by atoms with Crippen molar-refractivity contribution in [3.05, 3.63) is 50.9 Å². The molecule has 0 aliphatic carbocycles. The number of benzene rings is 2. The molecule has 2 unspecified atom stereocenters. The van der Waals surface area contributed by atoms with Gasteiger partial charge in [0.2, 0.25) is 0 Å². The first-order valence-corrected chi connectivity index (χ1v) is 13.2. The highest BCUT2D eigenvalue weighted by Crippen LogP contribution is 2.31. The molecule has 15 heteroatoms. The van der Waals surface area contributed by atoms with E-state index in [2.05, 4.69) is 31.9 Å². The van der Waals surface area contributed by atoms with Crippen LogP contribution in [0.15, 0.2) is 40.9 Å². The molecule has 2 aliphatic rings. The molecule has 228 valence electrons. The third-order valence-corrected chi connectivity index (χ3v) is 6.74. The molecule has 2 saturated heterocycles. The van der Waals surface area contributed by atoms with Crippen LogP contribution >= 0.6 is 39.1 Å². The fourth-order valence-corrected chi connectivity index (χ4v) is 4.30. The van der Waals surface area contributed by atoms with Crippen molar-refractivity contribution in [3.63, 3.8) is 0 Å². The monoisotopic (exact) mass is 684 g/mol. The third kappa shape index (κ3) is 11.7. The van der Waals surface area contributed by atoms with Gasteiger partial charge in [0, 0.05) is 55.5 Å². The lowest BCUT2D eigenvalue weighted by molar-refractivity contribution is -0.157. The predicted molar refractivity (Wildman–Crippen MR) is 151 cm³/mol. The van der Waals surface area contributed by atoms with E-state index >= 15 is 0 Å². The second kappa shape index (κ2) is 16.7. The van der Waals surface area contributed by atoms with Crippen molar-refractivity contribution < 1.29 is 35.8 Å². The van der Waals surface area contributed by atoms with Gasteiger partial charge in [0.15, 0.2) is 0 Å². The van der Waals surface area contributed by atoms with Gasteiger partial charge in [-0.25, -0.2) is 0 Å². The number of alkyl halides is 6. The van der Waals surface area contributed by atoms with Crippen LogP contribution < -0.4 is 30.3 Å². The van der Waals surface area contributed by atoms with Gasteiger partial charge in [0.05, 0.1) is 24.3 Å². The Morgan fingerprint density at radius 1 is 0.825 bits per heavy atom. The van der Waals surface area contributed by atoms with E-state index in [1.165, 1.54) is 7.11 Å². The molecule has 2 aliphatic heterocycles. The maximum atomic E-state index is 12.7. The van der Waals surface area contributed by atoms with Crippen molar-refractivity contribution in [2.75, 3.05) is 58.4 Å². The van der Waals surface area contributed by atoms with Crippen LogP contribution in [0.3, 0.4) is 0 Å². The molecule has 0 spiro atoms. The molecule has 3 N–H and O–H groups in total. The number of ether oxygens (including phenoxy) is 2. The second-order valence-electron chi connectivity index (χ2n) is 8.34. The van der Waals surface area contributed by atoms with Gasteiger partial charge < -0.3 is 30.3 Å². The van der Waals surface area contributed by atoms with Crippen LogP contribution in [0.1, 0.15) is 7.43 Å². The summed E-state index contributed by atoms with van der Waals surface area (Å²) >= 11 is 14.9. The molecule has 0 aromatic heterocycles. The topological polar surface area (TPSA) is 57.8 Å². The summed E-state index contributed by atoms with van der Waals surface area (Å²) in [4.78, 5) is 1.67. The van der Waals surface area contributed by atoms with Crippen LogP contribution in [-0.4, -0.2) is 77.9 Å². The van der Waals surface area contributed by atoms with E-state index in [0.717, 1.165) is 4.47 Å². The fraction of sp³-hybridized carbons (Fsp3) is 0.520. The smallest absolute Gasteiger partial charge is 0.405 e. The van der Waals surface area contributed by atoms with Gasteiger partial charge in [-0.2, -0.15) is 26.3 Å². The molecule has 0 saturated carbocycles. The highest BCUT2D eigenvalue weighted by Gasteiger charge is 2.42. The average molecular weight is 686 g/mol. The van der Waals surface area contributed by atoms with E-state index in [-0.39, 0.29) is 27.1 Å². The Labute approximate surface area is 248 Å². The maximum Gasteiger partial charge on any atom is 0.405 e. The second-order valence-corrected chi connectivity index (χ2v) is 10.1. The Morgan fingerprint density at radius 3 is 1.85 bits per heavy atom. The number of methoxy groups -OCH3 is 2. The minimum absolute atomic E-state index is 0. The molecule has 2 fully saturated rings. The van der Waals surface area contributed by atoms with Gasteiger partial charge in [0.1, 0.15) is 23.6 Å². The normalized spacial score (nSPS) is 19.2. The summed E-state index contributed by atoms with van der Waals surface area (Å²) in [6, 6.07) is 7.58. The number of hydrogen-bond acceptors (Lipinski definition) is 6. The number of halogens is 9. The molecule has 40 heavy (non-hydrogen) atoms. The summed E-state index contributed by atoms with van der Waals surface area (Å²) in [6.07, 6.45) is -8.34. The Kier molecular flexibility index (Phi) is 15.2. The zero-order chi connectivity index (χ0) is 29.2. The number of anilines is 1. The summed E-state index contributed by atoms with van der Waals surface area (Å²) < 4.78 is 84.6. The summed E-state index contributed by atoms with van der Waals surface area (Å²) in [6.45, 7) is 1.68. The SMILES string of the molecule is C.COc1cc(Br)ccc1Cl.COc1cc(N2CCNC(C(F)(F)F)C2)ccc1Cl.FC(F)(F)C1CNCCN1. The van der Waals surface area contributed by atoms with Gasteiger partial charge in [-0.05, 0) is 30.3 Å². The molecular formula is C25H33BrCl2F6N4O2. The highest BCUT2D eigenvalue weighted by atomic mass is 79.9. The van der Waals surface area contributed by atoms with Gasteiger partial charge >= 0.3 is 12.4 Å². The van der Waals surface area contributed by atoms with Gasteiger partial charge in [-0.1, -0.05) is 46.6 Å². The molecule has 2 atom stereocenters. The van der Waals surface area contributed by atoms with E-state index < -0.39 is 24.4 Å². The summed E-state index contributed by atoms with van der Waals surface area (Å²) in [5, 5.41) is 8.57. The number of nitrogens with zero attached hydrogens (tertiary/aromatic N) is 1. The van der Waals surface area contributed by atoms with Crippen molar-refractivity contribution in [3.8, 4) is 11.5 Å². The molecular weight excluding hydrogens is 653 g/mol. The van der Waals surface area contributed by atoms with Crippen molar-refractivity contribution in [2.24, 2.45) is 0 Å². The van der Waals surface area contributed by atoms with Crippen LogP contribution in [0.25, 0.3) is 0 Å². The lowest BCUT2D eigenvalue weighted by Gasteiger charge is -2.36. The zero-order valence-corrected chi connectivity index (χ0v) is 24.1. The van der Waals surface area contributed by atoms with E-state index in [9.17, 15) is 26.3 Å². The number of hydrogen-bond donors (Lipinski definition) is 3. The van der Waals surface area contributed by atoms with Crippen molar-refractivity contribution in [1.82, 2.24) is 16.0 Å². The Morgan fingerprint density at radius 2 is 1.38 bits per heavy atom. The largest absolute Gasteiger partial charge is 0.495 e. The lowest BCUT2D eigenvalue weighted by Crippen LogP contribution is -2.57. The first-order chi connectivity index (χ1) is 18.3. The molecule has 0 radical (unpaired) electrons. The van der Waals surface area contributed by atoms with Crippen LogP contribution in [0, 0.1) is 0 Å². The van der Waals surface area contributed by atoms with Crippen molar-refractivity contribution >= 4 is 44.8 Å². The Bertz CT molecular complexity index is 1040. The number of rotatable bonds is 3. The van der Waals surface area contributed by atoms with Gasteiger partial charge in [0.25, 0.3) is 0 Å². The van der Waals surface area contributed by atoms with E-state index in [1.54, 1.807) is 36.3 Å². The Hall–Kier alpha value is -1.64. The van der Waals surface area contributed by atoms with Gasteiger partial charge in [-0.15, -0.1) is 0 Å². The Balaban J connectivity index is 0.000000324. The summed E-state index contributed by atoms with van der Waals surface area (Å²) in [5.74, 6) is 1.15. The van der Waals surface area contributed by atoms with Crippen LogP contribution in [0.4, 0.5) is 32.0 Å². The van der Waals surface area contributed by atoms with E-state index in [1.807, 2.05) is 12.1 Å². The fourth-order valence-electron chi connectivity index (χ4n) is 3.57. The highest BCUT2D eigenvalue weighted by molar-refractivity contribution is 9.10. The molecule has 0 bridgehead atoms. The minimum Gasteiger partial charge on any atom is -0.495 e. The number of piperazine rings is 2. The quantitative estimate of drug-likeness (QED) is 0.319. The van der Waals surface area contributed by atoms with Crippen molar-refractivity contribution in [2.45, 2.75) is 31.9 Å². The summed E-state index contributed by atoms with van der Waals surface area (Å²) in [5.41, 5.74) is 0.678. The molecule has 2 aromatic carbocycles. The molecule has 4 rings (SSSR count). The molecule has 6 nitrogen and oxygen atoms in total. The predicted octanol–water partition coefficient (Wildman–Crippen LogP) is 6.55. The lowest BCUT2D eigenvalue weighted by atomic mass is 10.1. The van der Waals surface area contributed by atoms with Crippen LogP contribution in [0.2, 0.25) is 10.0 Å². The summed E-state index contributed by atoms with van der Waals surface area (Å²) in [7, 11) is 3.06. The maximum absolute atomic E-state index is 12.7. The zero-order valence-electron chi connectivity index (χ0n) is 21.0. The van der Waals surface area contributed by atoms with Gasteiger partial charge in [-0.3, -0.25) is 0 Å². The van der Waals surface area contributed by atoms with Crippen molar-refractivity contribution in [1.29, 1.82) is 0 Å². The third-order valence-electron chi connectivity index (χ3n) is 5.62. The number of nitrogens with one attached hydrogen (secondary N) is 3. The molecule has 0 amide bonds.